The highest BCUT2D eigenvalue weighted by atomic mass is 32.2. The maximum Gasteiger partial charge on any atom is 0.161 e. The van der Waals surface area contributed by atoms with Gasteiger partial charge in [0.1, 0.15) is 5.82 Å². The van der Waals surface area contributed by atoms with E-state index < -0.39 is 15.1 Å². The molecule has 3 rings (SSSR count). The minimum absolute atomic E-state index is 0.0740. The SMILES string of the molecule is Cc1cc(CS(=O)(=O)[C@H](C)c2ccc(F)cc2)c2ccccc2n1. The Labute approximate surface area is 141 Å². The molecule has 0 aliphatic heterocycles. The first kappa shape index (κ1) is 16.6. The van der Waals surface area contributed by atoms with Crippen molar-refractivity contribution in [2.24, 2.45) is 0 Å². The third-order valence-electron chi connectivity index (χ3n) is 4.16. The molecule has 0 fully saturated rings. The van der Waals surface area contributed by atoms with Crippen LogP contribution in [0.3, 0.4) is 0 Å². The second kappa shape index (κ2) is 6.32. The summed E-state index contributed by atoms with van der Waals surface area (Å²) in [5, 5.41) is 0.142. The van der Waals surface area contributed by atoms with Crippen LogP contribution in [0.25, 0.3) is 10.9 Å². The predicted molar refractivity (Wildman–Crippen MR) is 93.9 cm³/mol. The van der Waals surface area contributed by atoms with Crippen molar-refractivity contribution < 1.29 is 12.8 Å². The summed E-state index contributed by atoms with van der Waals surface area (Å²) in [6.07, 6.45) is 0. The number of hydrogen-bond acceptors (Lipinski definition) is 3. The van der Waals surface area contributed by atoms with Gasteiger partial charge in [0.2, 0.25) is 0 Å². The van der Waals surface area contributed by atoms with Crippen molar-refractivity contribution in [1.29, 1.82) is 0 Å². The second-order valence-corrected chi connectivity index (χ2v) is 8.26. The number of sulfone groups is 1. The van der Waals surface area contributed by atoms with Crippen LogP contribution in [0.5, 0.6) is 0 Å². The zero-order chi connectivity index (χ0) is 17.3. The number of benzene rings is 2. The van der Waals surface area contributed by atoms with Crippen LogP contribution in [0.4, 0.5) is 4.39 Å². The fourth-order valence-electron chi connectivity index (χ4n) is 2.80. The van der Waals surface area contributed by atoms with Gasteiger partial charge in [0.25, 0.3) is 0 Å². The maximum absolute atomic E-state index is 13.1. The molecule has 3 aromatic rings. The molecule has 3 nitrogen and oxygen atoms in total. The molecule has 1 heterocycles. The fraction of sp³-hybridized carbons (Fsp3) is 0.211. The molecule has 0 bridgehead atoms. The smallest absolute Gasteiger partial charge is 0.161 e. The van der Waals surface area contributed by atoms with E-state index in [4.69, 9.17) is 0 Å². The molecule has 0 amide bonds. The van der Waals surface area contributed by atoms with Crippen LogP contribution < -0.4 is 0 Å². The van der Waals surface area contributed by atoms with Crippen molar-refractivity contribution in [3.63, 3.8) is 0 Å². The van der Waals surface area contributed by atoms with E-state index >= 15 is 0 Å². The van der Waals surface area contributed by atoms with Crippen LogP contribution in [-0.2, 0) is 15.6 Å². The summed E-state index contributed by atoms with van der Waals surface area (Å²) in [5.74, 6) is -0.450. The summed E-state index contributed by atoms with van der Waals surface area (Å²) < 4.78 is 38.7. The Balaban J connectivity index is 1.99. The first-order valence-electron chi connectivity index (χ1n) is 7.69. The van der Waals surface area contributed by atoms with Crippen molar-refractivity contribution in [2.45, 2.75) is 24.9 Å². The molecule has 0 saturated carbocycles. The predicted octanol–water partition coefficient (Wildman–Crippen LogP) is 4.36. The highest BCUT2D eigenvalue weighted by molar-refractivity contribution is 7.90. The molecule has 0 radical (unpaired) electrons. The summed E-state index contributed by atoms with van der Waals surface area (Å²) in [6, 6.07) is 14.9. The van der Waals surface area contributed by atoms with Gasteiger partial charge in [0.05, 0.1) is 16.5 Å². The summed E-state index contributed by atoms with van der Waals surface area (Å²) in [4.78, 5) is 4.44. The van der Waals surface area contributed by atoms with E-state index in [1.165, 1.54) is 24.3 Å². The highest BCUT2D eigenvalue weighted by Crippen LogP contribution is 2.28. The lowest BCUT2D eigenvalue weighted by atomic mass is 10.1. The average Bonchev–Trinajstić information content (AvgIpc) is 2.54. The van der Waals surface area contributed by atoms with E-state index in [2.05, 4.69) is 4.98 Å². The Bertz CT molecular complexity index is 982. The Morgan fingerprint density at radius 1 is 1.08 bits per heavy atom. The number of nitrogens with zero attached hydrogens (tertiary/aromatic N) is 1. The second-order valence-electron chi connectivity index (χ2n) is 5.94. The van der Waals surface area contributed by atoms with Crippen molar-refractivity contribution >= 4 is 20.7 Å². The number of para-hydroxylation sites is 1. The van der Waals surface area contributed by atoms with Gasteiger partial charge < -0.3 is 0 Å². The van der Waals surface area contributed by atoms with Gasteiger partial charge in [-0.1, -0.05) is 30.3 Å². The first-order chi connectivity index (χ1) is 11.4. The van der Waals surface area contributed by atoms with Gasteiger partial charge in [0, 0.05) is 11.1 Å². The van der Waals surface area contributed by atoms with Gasteiger partial charge in [-0.2, -0.15) is 0 Å². The molecule has 0 unspecified atom stereocenters. The number of aromatic nitrogens is 1. The monoisotopic (exact) mass is 343 g/mol. The maximum atomic E-state index is 13.1. The van der Waals surface area contributed by atoms with E-state index in [9.17, 15) is 12.8 Å². The minimum Gasteiger partial charge on any atom is -0.253 e. The van der Waals surface area contributed by atoms with E-state index in [0.717, 1.165) is 22.2 Å². The summed E-state index contributed by atoms with van der Waals surface area (Å²) in [7, 11) is -3.44. The Morgan fingerprint density at radius 2 is 1.75 bits per heavy atom. The molecule has 0 spiro atoms. The summed E-state index contributed by atoms with van der Waals surface area (Å²) >= 11 is 0. The number of fused-ring (bicyclic) bond motifs is 1. The van der Waals surface area contributed by atoms with Crippen molar-refractivity contribution in [3.8, 4) is 0 Å². The van der Waals surface area contributed by atoms with Crippen molar-refractivity contribution in [1.82, 2.24) is 4.98 Å². The molecule has 24 heavy (non-hydrogen) atoms. The number of pyridine rings is 1. The molecular weight excluding hydrogens is 325 g/mol. The fourth-order valence-corrected chi connectivity index (χ4v) is 4.29. The highest BCUT2D eigenvalue weighted by Gasteiger charge is 2.24. The van der Waals surface area contributed by atoms with Crippen LogP contribution >= 0.6 is 0 Å². The summed E-state index contributed by atoms with van der Waals surface area (Å²) in [6.45, 7) is 3.49. The zero-order valence-corrected chi connectivity index (χ0v) is 14.3. The van der Waals surface area contributed by atoms with Gasteiger partial charge >= 0.3 is 0 Å². The molecule has 0 saturated heterocycles. The Kier molecular flexibility index (Phi) is 4.37. The molecule has 5 heteroatoms. The molecule has 0 N–H and O–H groups in total. The molecule has 2 aromatic carbocycles. The molecular formula is C19H18FNO2S. The molecule has 0 aliphatic carbocycles. The Hall–Kier alpha value is -2.27. The van der Waals surface area contributed by atoms with Crippen LogP contribution in [0.15, 0.2) is 54.6 Å². The van der Waals surface area contributed by atoms with Gasteiger partial charge in [-0.15, -0.1) is 0 Å². The third-order valence-corrected chi connectivity index (χ3v) is 6.23. The summed E-state index contributed by atoms with van der Waals surface area (Å²) in [5.41, 5.74) is 2.91. The number of aryl methyl sites for hydroxylation is 1. The lowest BCUT2D eigenvalue weighted by molar-refractivity contribution is 0.585. The zero-order valence-electron chi connectivity index (χ0n) is 13.5. The van der Waals surface area contributed by atoms with E-state index in [-0.39, 0.29) is 11.6 Å². The van der Waals surface area contributed by atoms with Crippen molar-refractivity contribution in [3.05, 3.63) is 77.2 Å². The normalized spacial score (nSPS) is 13.1. The van der Waals surface area contributed by atoms with Gasteiger partial charge in [-0.3, -0.25) is 4.98 Å². The first-order valence-corrected chi connectivity index (χ1v) is 9.40. The number of halogens is 1. The quantitative estimate of drug-likeness (QED) is 0.707. The molecule has 124 valence electrons. The van der Waals surface area contributed by atoms with Gasteiger partial charge in [0.15, 0.2) is 9.84 Å². The van der Waals surface area contributed by atoms with Crippen LogP contribution in [0.1, 0.15) is 29.0 Å². The van der Waals surface area contributed by atoms with E-state index in [1.807, 2.05) is 37.3 Å². The Morgan fingerprint density at radius 3 is 2.46 bits per heavy atom. The molecule has 1 aromatic heterocycles. The topological polar surface area (TPSA) is 47.0 Å². The largest absolute Gasteiger partial charge is 0.253 e. The van der Waals surface area contributed by atoms with Crippen molar-refractivity contribution in [2.75, 3.05) is 0 Å². The van der Waals surface area contributed by atoms with E-state index in [0.29, 0.717) is 5.56 Å². The average molecular weight is 343 g/mol. The lowest BCUT2D eigenvalue weighted by Crippen LogP contribution is -2.13. The van der Waals surface area contributed by atoms with Gasteiger partial charge in [-0.05, 0) is 49.2 Å². The van der Waals surface area contributed by atoms with Crippen LogP contribution in [0, 0.1) is 12.7 Å². The third kappa shape index (κ3) is 3.31. The van der Waals surface area contributed by atoms with Crippen LogP contribution in [0.2, 0.25) is 0 Å². The standard InChI is InChI=1S/C19H18FNO2S/c1-13-11-16(18-5-3-4-6-19(18)21-13)12-24(22,23)14(2)15-7-9-17(20)10-8-15/h3-11,14H,12H2,1-2H3/t14-/m1/s1. The number of hydrogen-bond donors (Lipinski definition) is 0. The lowest BCUT2D eigenvalue weighted by Gasteiger charge is -2.15. The molecule has 0 aliphatic rings. The van der Waals surface area contributed by atoms with Crippen LogP contribution in [-0.4, -0.2) is 13.4 Å². The van der Waals surface area contributed by atoms with Gasteiger partial charge in [-0.25, -0.2) is 12.8 Å². The van der Waals surface area contributed by atoms with E-state index in [1.54, 1.807) is 6.92 Å². The molecule has 1 atom stereocenters. The minimum atomic E-state index is -3.44. The number of rotatable bonds is 4.